The van der Waals surface area contributed by atoms with E-state index in [4.69, 9.17) is 0 Å². The number of aromatic amines is 1. The molecular formula is C9H15N3O4S. The second kappa shape index (κ2) is 4.05. The van der Waals surface area contributed by atoms with E-state index in [2.05, 4.69) is 10.2 Å². The summed E-state index contributed by atoms with van der Waals surface area (Å²) < 4.78 is 25.6. The van der Waals surface area contributed by atoms with Crippen molar-refractivity contribution < 1.29 is 18.6 Å². The SMILES string of the molecule is Cc1n[nH]c(C)c1S(=O)(=O)N1CC(O)C(O)C1. The first kappa shape index (κ1) is 12.5. The summed E-state index contributed by atoms with van der Waals surface area (Å²) in [6, 6.07) is 0. The molecule has 0 saturated carbocycles. The Morgan fingerprint density at radius 1 is 1.29 bits per heavy atom. The summed E-state index contributed by atoms with van der Waals surface area (Å²) in [6.45, 7) is 3.04. The fourth-order valence-corrected chi connectivity index (χ4v) is 3.79. The van der Waals surface area contributed by atoms with Gasteiger partial charge in [0.2, 0.25) is 10.0 Å². The number of hydrogen-bond acceptors (Lipinski definition) is 5. The summed E-state index contributed by atoms with van der Waals surface area (Å²) in [5, 5.41) is 25.2. The molecule has 0 radical (unpaired) electrons. The number of hydrogen-bond donors (Lipinski definition) is 3. The lowest BCUT2D eigenvalue weighted by Crippen LogP contribution is -2.30. The highest BCUT2D eigenvalue weighted by Crippen LogP contribution is 2.25. The molecule has 2 atom stereocenters. The van der Waals surface area contributed by atoms with Crippen molar-refractivity contribution >= 4 is 10.0 Å². The van der Waals surface area contributed by atoms with Gasteiger partial charge in [0, 0.05) is 13.1 Å². The zero-order valence-electron chi connectivity index (χ0n) is 9.58. The second-order valence-electron chi connectivity index (χ2n) is 4.22. The first-order chi connectivity index (χ1) is 7.84. The minimum Gasteiger partial charge on any atom is -0.389 e. The first-order valence-corrected chi connectivity index (χ1v) is 6.66. The van der Waals surface area contributed by atoms with Crippen LogP contribution in [0.3, 0.4) is 0 Å². The maximum atomic E-state index is 12.3. The van der Waals surface area contributed by atoms with E-state index in [9.17, 15) is 18.6 Å². The quantitative estimate of drug-likeness (QED) is 0.617. The zero-order chi connectivity index (χ0) is 12.8. The number of H-pyrrole nitrogens is 1. The molecule has 1 aliphatic rings. The van der Waals surface area contributed by atoms with Gasteiger partial charge in [0.25, 0.3) is 0 Å². The Hall–Kier alpha value is -0.960. The number of rotatable bonds is 2. The second-order valence-corrected chi connectivity index (χ2v) is 6.09. The topological polar surface area (TPSA) is 107 Å². The van der Waals surface area contributed by atoms with Crippen molar-refractivity contribution in [1.29, 1.82) is 0 Å². The van der Waals surface area contributed by atoms with Crippen LogP contribution < -0.4 is 0 Å². The molecule has 7 nitrogen and oxygen atoms in total. The van der Waals surface area contributed by atoms with Crippen molar-refractivity contribution in [2.24, 2.45) is 0 Å². The maximum absolute atomic E-state index is 12.3. The maximum Gasteiger partial charge on any atom is 0.246 e. The van der Waals surface area contributed by atoms with Gasteiger partial charge in [0.05, 0.1) is 23.6 Å². The van der Waals surface area contributed by atoms with Gasteiger partial charge < -0.3 is 10.2 Å². The van der Waals surface area contributed by atoms with Gasteiger partial charge in [-0.1, -0.05) is 0 Å². The fourth-order valence-electron chi connectivity index (χ4n) is 1.98. The van der Waals surface area contributed by atoms with E-state index in [1.54, 1.807) is 13.8 Å². The normalized spacial score (nSPS) is 26.6. The molecule has 1 saturated heterocycles. The zero-order valence-corrected chi connectivity index (χ0v) is 10.4. The molecule has 1 aromatic rings. The predicted octanol–water partition coefficient (Wildman–Crippen LogP) is -1.25. The minimum absolute atomic E-state index is 0.0897. The Morgan fingerprint density at radius 2 is 1.82 bits per heavy atom. The van der Waals surface area contributed by atoms with Crippen LogP contribution >= 0.6 is 0 Å². The average molecular weight is 261 g/mol. The summed E-state index contributed by atoms with van der Waals surface area (Å²) in [7, 11) is -3.70. The summed E-state index contributed by atoms with van der Waals surface area (Å²) in [6.07, 6.45) is -2.06. The van der Waals surface area contributed by atoms with Crippen LogP contribution in [0.4, 0.5) is 0 Å². The molecule has 0 spiro atoms. The van der Waals surface area contributed by atoms with Crippen molar-refractivity contribution in [3.8, 4) is 0 Å². The minimum atomic E-state index is -3.70. The highest BCUT2D eigenvalue weighted by atomic mass is 32.2. The van der Waals surface area contributed by atoms with Crippen LogP contribution in [0.25, 0.3) is 0 Å². The van der Waals surface area contributed by atoms with Crippen LogP contribution in [0.2, 0.25) is 0 Å². The van der Waals surface area contributed by atoms with Gasteiger partial charge in [-0.15, -0.1) is 0 Å². The Kier molecular flexibility index (Phi) is 2.98. The van der Waals surface area contributed by atoms with E-state index in [1.165, 1.54) is 0 Å². The molecule has 2 heterocycles. The molecule has 2 unspecified atom stereocenters. The average Bonchev–Trinajstić information content (AvgIpc) is 2.72. The Morgan fingerprint density at radius 3 is 2.24 bits per heavy atom. The van der Waals surface area contributed by atoms with Crippen molar-refractivity contribution in [3.63, 3.8) is 0 Å². The van der Waals surface area contributed by atoms with Gasteiger partial charge in [-0.25, -0.2) is 8.42 Å². The van der Waals surface area contributed by atoms with Crippen molar-refractivity contribution in [2.45, 2.75) is 31.0 Å². The molecule has 1 aromatic heterocycles. The number of aliphatic hydroxyl groups is 2. The van der Waals surface area contributed by atoms with Crippen molar-refractivity contribution in [1.82, 2.24) is 14.5 Å². The van der Waals surface area contributed by atoms with E-state index >= 15 is 0 Å². The Bertz CT molecular complexity index is 495. The Balaban J connectivity index is 2.39. The number of sulfonamides is 1. The fraction of sp³-hybridized carbons (Fsp3) is 0.667. The molecule has 2 rings (SSSR count). The van der Waals surface area contributed by atoms with Gasteiger partial charge in [-0.2, -0.15) is 9.40 Å². The molecule has 1 fully saturated rings. The Labute approximate surface area is 99.1 Å². The smallest absolute Gasteiger partial charge is 0.246 e. The summed E-state index contributed by atoms with van der Waals surface area (Å²) in [5.74, 6) is 0. The molecule has 1 aliphatic heterocycles. The van der Waals surface area contributed by atoms with Crippen LogP contribution in [0.15, 0.2) is 4.90 Å². The molecule has 3 N–H and O–H groups in total. The third-order valence-corrected chi connectivity index (χ3v) is 4.98. The molecule has 8 heteroatoms. The van der Waals surface area contributed by atoms with E-state index in [0.717, 1.165) is 4.31 Å². The summed E-state index contributed by atoms with van der Waals surface area (Å²) >= 11 is 0. The molecule has 0 amide bonds. The lowest BCUT2D eigenvalue weighted by molar-refractivity contribution is 0.0572. The molecule has 96 valence electrons. The van der Waals surface area contributed by atoms with Gasteiger partial charge in [0.15, 0.2) is 0 Å². The summed E-state index contributed by atoms with van der Waals surface area (Å²) in [4.78, 5) is 0.124. The molecule has 17 heavy (non-hydrogen) atoms. The van der Waals surface area contributed by atoms with Crippen LogP contribution in [-0.2, 0) is 10.0 Å². The molecule has 0 bridgehead atoms. The number of aliphatic hydroxyl groups excluding tert-OH is 2. The molecular weight excluding hydrogens is 246 g/mol. The van der Waals surface area contributed by atoms with Crippen LogP contribution in [0.5, 0.6) is 0 Å². The van der Waals surface area contributed by atoms with Crippen LogP contribution in [-0.4, -0.2) is 58.4 Å². The van der Waals surface area contributed by atoms with E-state index in [-0.39, 0.29) is 18.0 Å². The number of nitrogens with zero attached hydrogens (tertiary/aromatic N) is 2. The summed E-state index contributed by atoms with van der Waals surface area (Å²) in [5.41, 5.74) is 0.844. The largest absolute Gasteiger partial charge is 0.389 e. The highest BCUT2D eigenvalue weighted by Gasteiger charge is 2.39. The van der Waals surface area contributed by atoms with Crippen LogP contribution in [0, 0.1) is 13.8 Å². The first-order valence-electron chi connectivity index (χ1n) is 5.22. The third kappa shape index (κ3) is 1.97. The third-order valence-electron chi connectivity index (χ3n) is 2.88. The number of aryl methyl sites for hydroxylation is 2. The lowest BCUT2D eigenvalue weighted by Gasteiger charge is -2.15. The number of nitrogens with one attached hydrogen (secondary N) is 1. The highest BCUT2D eigenvalue weighted by molar-refractivity contribution is 7.89. The standard InChI is InChI=1S/C9H15N3O4S/c1-5-9(6(2)11-10-5)17(15,16)12-3-7(13)8(14)4-12/h7-8,13-14H,3-4H2,1-2H3,(H,10,11). The van der Waals surface area contributed by atoms with Gasteiger partial charge >= 0.3 is 0 Å². The molecule has 0 aromatic carbocycles. The monoisotopic (exact) mass is 261 g/mol. The van der Waals surface area contributed by atoms with E-state index in [0.29, 0.717) is 11.4 Å². The van der Waals surface area contributed by atoms with Gasteiger partial charge in [0.1, 0.15) is 4.90 Å². The number of β-amino-alcohol motifs (C(OH)–C–C–N with tert-alkyl or cyclic N) is 2. The lowest BCUT2D eigenvalue weighted by atomic mass is 10.3. The number of aromatic nitrogens is 2. The molecule has 0 aliphatic carbocycles. The van der Waals surface area contributed by atoms with Crippen molar-refractivity contribution in [2.75, 3.05) is 13.1 Å². The van der Waals surface area contributed by atoms with E-state index in [1.807, 2.05) is 0 Å². The van der Waals surface area contributed by atoms with Gasteiger partial charge in [-0.3, -0.25) is 5.10 Å². The van der Waals surface area contributed by atoms with Crippen LogP contribution in [0.1, 0.15) is 11.4 Å². The van der Waals surface area contributed by atoms with Crippen molar-refractivity contribution in [3.05, 3.63) is 11.4 Å². The van der Waals surface area contributed by atoms with Gasteiger partial charge in [-0.05, 0) is 13.8 Å². The van der Waals surface area contributed by atoms with E-state index < -0.39 is 22.2 Å². The predicted molar refractivity (Wildman–Crippen MR) is 58.8 cm³/mol.